The molecule has 0 bridgehead atoms. The molecule has 2 fully saturated rings. The lowest BCUT2D eigenvalue weighted by molar-refractivity contribution is -0.126. The van der Waals surface area contributed by atoms with Crippen molar-refractivity contribution in [3.63, 3.8) is 0 Å². The van der Waals surface area contributed by atoms with Gasteiger partial charge in [-0.15, -0.1) is 0 Å². The van der Waals surface area contributed by atoms with Gasteiger partial charge in [0.1, 0.15) is 0 Å². The average molecular weight is 226 g/mol. The van der Waals surface area contributed by atoms with Crippen LogP contribution in [-0.2, 0) is 4.79 Å². The topological polar surface area (TPSA) is 75.4 Å². The third kappa shape index (κ3) is 2.74. The summed E-state index contributed by atoms with van der Waals surface area (Å²) >= 11 is 0. The van der Waals surface area contributed by atoms with E-state index in [1.54, 1.807) is 0 Å². The fourth-order valence-corrected chi connectivity index (χ4v) is 2.83. The summed E-state index contributed by atoms with van der Waals surface area (Å²) in [5.41, 5.74) is 5.79. The van der Waals surface area contributed by atoms with Crippen LogP contribution in [0.15, 0.2) is 0 Å². The summed E-state index contributed by atoms with van der Waals surface area (Å²) in [4.78, 5) is 11.9. The molecule has 4 nitrogen and oxygen atoms in total. The van der Waals surface area contributed by atoms with Gasteiger partial charge in [0.2, 0.25) is 5.91 Å². The molecule has 2 rings (SSSR count). The Hall–Kier alpha value is -0.610. The van der Waals surface area contributed by atoms with Gasteiger partial charge >= 0.3 is 0 Å². The first-order valence-corrected chi connectivity index (χ1v) is 6.41. The first kappa shape index (κ1) is 11.9. The highest BCUT2D eigenvalue weighted by Gasteiger charge is 2.31. The molecular weight excluding hydrogens is 204 g/mol. The first-order chi connectivity index (χ1) is 7.66. The molecule has 0 aromatic rings. The van der Waals surface area contributed by atoms with E-state index in [4.69, 9.17) is 5.73 Å². The predicted octanol–water partition coefficient (Wildman–Crippen LogP) is 0.533. The van der Waals surface area contributed by atoms with Crippen LogP contribution in [-0.4, -0.2) is 29.2 Å². The molecule has 0 aromatic carbocycles. The van der Waals surface area contributed by atoms with Crippen molar-refractivity contribution in [2.75, 3.05) is 0 Å². The summed E-state index contributed by atoms with van der Waals surface area (Å²) < 4.78 is 0. The zero-order valence-corrected chi connectivity index (χ0v) is 9.69. The lowest BCUT2D eigenvalue weighted by Crippen LogP contribution is -2.47. The van der Waals surface area contributed by atoms with Crippen molar-refractivity contribution in [3.05, 3.63) is 0 Å². The molecule has 0 heterocycles. The quantitative estimate of drug-likeness (QED) is 0.643. The molecule has 2 saturated carbocycles. The second kappa shape index (κ2) is 5.15. The maximum absolute atomic E-state index is 11.9. The number of amides is 1. The van der Waals surface area contributed by atoms with Gasteiger partial charge < -0.3 is 16.2 Å². The van der Waals surface area contributed by atoms with Crippen LogP contribution in [0, 0.1) is 5.92 Å². The Morgan fingerprint density at radius 1 is 1.19 bits per heavy atom. The fourth-order valence-electron chi connectivity index (χ4n) is 2.83. The summed E-state index contributed by atoms with van der Waals surface area (Å²) in [6.45, 7) is 0. The lowest BCUT2D eigenvalue weighted by Gasteiger charge is -2.29. The van der Waals surface area contributed by atoms with E-state index in [2.05, 4.69) is 5.32 Å². The average Bonchev–Trinajstić information content (AvgIpc) is 2.68. The monoisotopic (exact) mass is 226 g/mol. The Labute approximate surface area is 96.6 Å². The van der Waals surface area contributed by atoms with Crippen LogP contribution in [0.5, 0.6) is 0 Å². The van der Waals surface area contributed by atoms with Gasteiger partial charge in [0.25, 0.3) is 0 Å². The molecule has 4 heteroatoms. The largest absolute Gasteiger partial charge is 0.391 e. The highest BCUT2D eigenvalue weighted by molar-refractivity contribution is 5.79. The molecule has 0 saturated heterocycles. The second-order valence-electron chi connectivity index (χ2n) is 5.24. The summed E-state index contributed by atoms with van der Waals surface area (Å²) in [6.07, 6.45) is 6.19. The van der Waals surface area contributed by atoms with E-state index in [1.807, 2.05) is 0 Å². The van der Waals surface area contributed by atoms with Crippen LogP contribution in [0.1, 0.15) is 44.9 Å². The third-order valence-electron chi connectivity index (χ3n) is 3.90. The zero-order chi connectivity index (χ0) is 11.5. The lowest BCUT2D eigenvalue weighted by atomic mass is 9.92. The van der Waals surface area contributed by atoms with E-state index >= 15 is 0 Å². The van der Waals surface area contributed by atoms with E-state index < -0.39 is 0 Å². The van der Waals surface area contributed by atoms with Crippen molar-refractivity contribution >= 4 is 5.91 Å². The van der Waals surface area contributed by atoms with Crippen molar-refractivity contribution in [1.82, 2.24) is 5.32 Å². The van der Waals surface area contributed by atoms with Crippen LogP contribution < -0.4 is 11.1 Å². The molecule has 2 aliphatic carbocycles. The number of hydrogen-bond acceptors (Lipinski definition) is 3. The van der Waals surface area contributed by atoms with Gasteiger partial charge in [0, 0.05) is 12.0 Å². The van der Waals surface area contributed by atoms with E-state index in [-0.39, 0.29) is 30.0 Å². The Kier molecular flexibility index (Phi) is 3.82. The predicted molar refractivity (Wildman–Crippen MR) is 61.7 cm³/mol. The Balaban J connectivity index is 1.82. The fraction of sp³-hybridized carbons (Fsp3) is 0.917. The number of carbonyl (C=O) groups excluding carboxylic acids is 1. The first-order valence-electron chi connectivity index (χ1n) is 6.41. The van der Waals surface area contributed by atoms with Crippen LogP contribution in [0.4, 0.5) is 0 Å². The van der Waals surface area contributed by atoms with Crippen molar-refractivity contribution in [2.45, 2.75) is 63.1 Å². The van der Waals surface area contributed by atoms with Crippen LogP contribution in [0.2, 0.25) is 0 Å². The van der Waals surface area contributed by atoms with Crippen LogP contribution >= 0.6 is 0 Å². The summed E-state index contributed by atoms with van der Waals surface area (Å²) in [6, 6.07) is 0.158. The van der Waals surface area contributed by atoms with E-state index in [9.17, 15) is 9.90 Å². The maximum Gasteiger partial charge on any atom is 0.223 e. The minimum atomic E-state index is -0.354. The van der Waals surface area contributed by atoms with Gasteiger partial charge in [-0.05, 0) is 32.1 Å². The highest BCUT2D eigenvalue weighted by atomic mass is 16.3. The Morgan fingerprint density at radius 2 is 1.94 bits per heavy atom. The minimum Gasteiger partial charge on any atom is -0.391 e. The van der Waals surface area contributed by atoms with Crippen LogP contribution in [0.3, 0.4) is 0 Å². The molecule has 2 aliphatic rings. The van der Waals surface area contributed by atoms with Gasteiger partial charge in [0.05, 0.1) is 12.1 Å². The highest BCUT2D eigenvalue weighted by Crippen LogP contribution is 2.25. The molecule has 0 spiro atoms. The number of nitrogens with two attached hydrogens (primary N) is 1. The van der Waals surface area contributed by atoms with Crippen molar-refractivity contribution in [1.29, 1.82) is 0 Å². The molecular formula is C12H22N2O2. The second-order valence-corrected chi connectivity index (χ2v) is 5.24. The van der Waals surface area contributed by atoms with Crippen molar-refractivity contribution in [2.24, 2.45) is 11.7 Å². The van der Waals surface area contributed by atoms with Gasteiger partial charge in [-0.1, -0.05) is 12.8 Å². The number of aliphatic hydroxyl groups excluding tert-OH is 1. The van der Waals surface area contributed by atoms with Gasteiger partial charge in [-0.2, -0.15) is 0 Å². The number of hydrogen-bond donors (Lipinski definition) is 3. The van der Waals surface area contributed by atoms with Crippen molar-refractivity contribution < 1.29 is 9.90 Å². The zero-order valence-electron chi connectivity index (χ0n) is 9.69. The number of aliphatic hydroxyl groups is 1. The molecule has 0 aliphatic heterocycles. The molecule has 0 radical (unpaired) electrons. The summed E-state index contributed by atoms with van der Waals surface area (Å²) in [5.74, 6) is 0.169. The number of carbonyl (C=O) groups is 1. The molecule has 1 amide bonds. The van der Waals surface area contributed by atoms with Gasteiger partial charge in [0.15, 0.2) is 0 Å². The van der Waals surface area contributed by atoms with E-state index in [0.717, 1.165) is 44.9 Å². The molecule has 2 unspecified atom stereocenters. The molecule has 0 aromatic heterocycles. The molecule has 16 heavy (non-hydrogen) atoms. The maximum atomic E-state index is 11.9. The Morgan fingerprint density at radius 3 is 2.56 bits per heavy atom. The molecule has 4 atom stereocenters. The summed E-state index contributed by atoms with van der Waals surface area (Å²) in [5, 5.41) is 12.8. The Bertz CT molecular complexity index is 257. The number of rotatable bonds is 2. The summed E-state index contributed by atoms with van der Waals surface area (Å²) in [7, 11) is 0. The van der Waals surface area contributed by atoms with Crippen LogP contribution in [0.25, 0.3) is 0 Å². The normalized spacial score (nSPS) is 39.6. The van der Waals surface area contributed by atoms with E-state index in [1.165, 1.54) is 0 Å². The van der Waals surface area contributed by atoms with Gasteiger partial charge in [-0.3, -0.25) is 4.79 Å². The third-order valence-corrected chi connectivity index (χ3v) is 3.90. The molecule has 4 N–H and O–H groups in total. The standard InChI is InChI=1S/C12H22N2O2/c13-9-6-5-8(7-9)12(16)14-10-3-1-2-4-11(10)15/h8-11,15H,1-7,13H2,(H,14,16)/t8?,9?,10-,11-/m0/s1. The number of nitrogens with one attached hydrogen (secondary N) is 1. The smallest absolute Gasteiger partial charge is 0.223 e. The minimum absolute atomic E-state index is 0.0296. The SMILES string of the molecule is NC1CCC(C(=O)N[C@H]2CCCC[C@@H]2O)C1. The molecule has 92 valence electrons. The van der Waals surface area contributed by atoms with Crippen molar-refractivity contribution in [3.8, 4) is 0 Å². The van der Waals surface area contributed by atoms with E-state index in [0.29, 0.717) is 0 Å². The van der Waals surface area contributed by atoms with Gasteiger partial charge in [-0.25, -0.2) is 0 Å².